The monoisotopic (exact) mass is 402 g/mol. The molecule has 0 aliphatic heterocycles. The molecule has 1 unspecified atom stereocenters. The minimum atomic E-state index is -0.836. The summed E-state index contributed by atoms with van der Waals surface area (Å²) in [5, 5.41) is 10.4. The second kappa shape index (κ2) is 6.70. The molecular formula is C15H13Br2FO2. The van der Waals surface area contributed by atoms with Crippen molar-refractivity contribution < 1.29 is 14.2 Å². The van der Waals surface area contributed by atoms with Crippen LogP contribution in [0.2, 0.25) is 0 Å². The van der Waals surface area contributed by atoms with E-state index in [9.17, 15) is 9.50 Å². The Morgan fingerprint density at radius 1 is 1.15 bits per heavy atom. The summed E-state index contributed by atoms with van der Waals surface area (Å²) >= 11 is 6.68. The fourth-order valence-corrected chi connectivity index (χ4v) is 2.94. The molecule has 5 heteroatoms. The van der Waals surface area contributed by atoms with Gasteiger partial charge in [-0.2, -0.15) is 0 Å². The van der Waals surface area contributed by atoms with Crippen molar-refractivity contribution in [1.82, 2.24) is 0 Å². The van der Waals surface area contributed by atoms with Crippen LogP contribution in [0.3, 0.4) is 0 Å². The molecule has 0 bridgehead atoms. The van der Waals surface area contributed by atoms with Crippen molar-refractivity contribution in [2.75, 3.05) is 6.61 Å². The van der Waals surface area contributed by atoms with Gasteiger partial charge in [0.1, 0.15) is 17.7 Å². The highest BCUT2D eigenvalue weighted by Crippen LogP contribution is 2.33. The maximum Gasteiger partial charge on any atom is 0.133 e. The van der Waals surface area contributed by atoms with E-state index in [1.54, 1.807) is 24.3 Å². The number of halogens is 3. The number of aliphatic hydroxyl groups is 1. The first-order chi connectivity index (χ1) is 9.52. The molecule has 0 amide bonds. The van der Waals surface area contributed by atoms with Crippen LogP contribution in [0.25, 0.3) is 0 Å². The summed E-state index contributed by atoms with van der Waals surface area (Å²) < 4.78 is 19.8. The van der Waals surface area contributed by atoms with Gasteiger partial charge in [-0.25, -0.2) is 4.39 Å². The molecule has 0 saturated heterocycles. The SMILES string of the molecule is CCOc1ccc(C(O)c2ccc(F)cc2Br)cc1Br. The predicted molar refractivity (Wildman–Crippen MR) is 83.5 cm³/mol. The van der Waals surface area contributed by atoms with Gasteiger partial charge in [0.2, 0.25) is 0 Å². The topological polar surface area (TPSA) is 29.5 Å². The average Bonchev–Trinajstić information content (AvgIpc) is 2.40. The zero-order valence-electron chi connectivity index (χ0n) is 10.7. The summed E-state index contributed by atoms with van der Waals surface area (Å²) in [4.78, 5) is 0. The number of aliphatic hydroxyl groups excluding tert-OH is 1. The van der Waals surface area contributed by atoms with E-state index in [4.69, 9.17) is 4.74 Å². The lowest BCUT2D eigenvalue weighted by molar-refractivity contribution is 0.219. The fourth-order valence-electron chi connectivity index (χ4n) is 1.86. The summed E-state index contributed by atoms with van der Waals surface area (Å²) in [7, 11) is 0. The van der Waals surface area contributed by atoms with Gasteiger partial charge in [0.15, 0.2) is 0 Å². The molecular weight excluding hydrogens is 391 g/mol. The molecule has 0 radical (unpaired) electrons. The van der Waals surface area contributed by atoms with E-state index in [0.717, 1.165) is 10.2 Å². The molecule has 2 nitrogen and oxygen atoms in total. The number of ether oxygens (including phenoxy) is 1. The summed E-state index contributed by atoms with van der Waals surface area (Å²) in [5.41, 5.74) is 1.31. The highest BCUT2D eigenvalue weighted by Gasteiger charge is 2.15. The largest absolute Gasteiger partial charge is 0.493 e. The summed E-state index contributed by atoms with van der Waals surface area (Å²) in [5.74, 6) is 0.377. The lowest BCUT2D eigenvalue weighted by Gasteiger charge is -2.15. The van der Waals surface area contributed by atoms with Gasteiger partial charge in [0, 0.05) is 4.47 Å². The standard InChI is InChI=1S/C15H13Br2FO2/c1-2-20-14-6-3-9(7-13(14)17)15(19)11-5-4-10(18)8-12(11)16/h3-8,15,19H,2H2,1H3. The number of rotatable bonds is 4. The lowest BCUT2D eigenvalue weighted by atomic mass is 10.0. The maximum atomic E-state index is 13.1. The predicted octanol–water partition coefficient (Wildman–Crippen LogP) is 4.83. The molecule has 0 aliphatic carbocycles. The Balaban J connectivity index is 2.33. The van der Waals surface area contributed by atoms with Crippen molar-refractivity contribution >= 4 is 31.9 Å². The summed E-state index contributed by atoms with van der Waals surface area (Å²) in [6, 6.07) is 9.61. The van der Waals surface area contributed by atoms with E-state index in [2.05, 4.69) is 31.9 Å². The quantitative estimate of drug-likeness (QED) is 0.791. The van der Waals surface area contributed by atoms with E-state index < -0.39 is 6.10 Å². The molecule has 106 valence electrons. The van der Waals surface area contributed by atoms with Gasteiger partial charge < -0.3 is 9.84 Å². The van der Waals surface area contributed by atoms with E-state index >= 15 is 0 Å². The van der Waals surface area contributed by atoms with Crippen LogP contribution in [0.4, 0.5) is 4.39 Å². The Hall–Kier alpha value is -0.910. The molecule has 2 aromatic rings. The Morgan fingerprint density at radius 3 is 2.50 bits per heavy atom. The first kappa shape index (κ1) is 15.5. The van der Waals surface area contributed by atoms with Crippen LogP contribution in [-0.2, 0) is 0 Å². The van der Waals surface area contributed by atoms with Gasteiger partial charge >= 0.3 is 0 Å². The Morgan fingerprint density at radius 2 is 1.90 bits per heavy atom. The molecule has 2 rings (SSSR count). The Kier molecular flexibility index (Phi) is 5.18. The maximum absolute atomic E-state index is 13.1. The molecule has 0 fully saturated rings. The van der Waals surface area contributed by atoms with Gasteiger partial charge in [-0.05, 0) is 58.2 Å². The second-order valence-electron chi connectivity index (χ2n) is 4.19. The fraction of sp³-hybridized carbons (Fsp3) is 0.200. The zero-order valence-corrected chi connectivity index (χ0v) is 13.9. The molecule has 1 atom stereocenters. The summed E-state index contributed by atoms with van der Waals surface area (Å²) in [6.45, 7) is 2.48. The van der Waals surface area contributed by atoms with Gasteiger partial charge in [-0.1, -0.05) is 28.1 Å². The molecule has 2 aromatic carbocycles. The highest BCUT2D eigenvalue weighted by atomic mass is 79.9. The van der Waals surface area contributed by atoms with Crippen LogP contribution in [0.5, 0.6) is 5.75 Å². The van der Waals surface area contributed by atoms with Crippen LogP contribution >= 0.6 is 31.9 Å². The molecule has 0 aliphatic rings. The van der Waals surface area contributed by atoms with E-state index in [0.29, 0.717) is 22.2 Å². The highest BCUT2D eigenvalue weighted by molar-refractivity contribution is 9.10. The number of benzene rings is 2. The van der Waals surface area contributed by atoms with Crippen molar-refractivity contribution in [2.45, 2.75) is 13.0 Å². The van der Waals surface area contributed by atoms with Crippen molar-refractivity contribution in [3.8, 4) is 5.75 Å². The normalized spacial score (nSPS) is 12.2. The third-order valence-corrected chi connectivity index (χ3v) is 4.14. The van der Waals surface area contributed by atoms with Crippen molar-refractivity contribution in [3.63, 3.8) is 0 Å². The van der Waals surface area contributed by atoms with Crippen LogP contribution < -0.4 is 4.74 Å². The van der Waals surface area contributed by atoms with E-state index in [1.165, 1.54) is 12.1 Å². The molecule has 0 heterocycles. The molecule has 1 N–H and O–H groups in total. The van der Waals surface area contributed by atoms with Crippen molar-refractivity contribution in [3.05, 3.63) is 62.3 Å². The van der Waals surface area contributed by atoms with Crippen LogP contribution in [0.1, 0.15) is 24.2 Å². The zero-order chi connectivity index (χ0) is 14.7. The molecule has 0 saturated carbocycles. The van der Waals surface area contributed by atoms with Crippen molar-refractivity contribution in [1.29, 1.82) is 0 Å². The molecule has 0 aromatic heterocycles. The third-order valence-electron chi connectivity index (χ3n) is 2.83. The molecule has 0 spiro atoms. The number of hydrogen-bond acceptors (Lipinski definition) is 2. The van der Waals surface area contributed by atoms with Crippen LogP contribution in [-0.4, -0.2) is 11.7 Å². The van der Waals surface area contributed by atoms with Crippen LogP contribution in [0, 0.1) is 5.82 Å². The third kappa shape index (κ3) is 3.40. The van der Waals surface area contributed by atoms with E-state index in [1.807, 2.05) is 6.92 Å². The average molecular weight is 404 g/mol. The smallest absolute Gasteiger partial charge is 0.133 e. The molecule has 20 heavy (non-hydrogen) atoms. The lowest BCUT2D eigenvalue weighted by Crippen LogP contribution is -2.02. The Labute approximate surface area is 133 Å². The van der Waals surface area contributed by atoms with Crippen molar-refractivity contribution in [2.24, 2.45) is 0 Å². The van der Waals surface area contributed by atoms with Crippen LogP contribution in [0.15, 0.2) is 45.3 Å². The number of hydrogen-bond donors (Lipinski definition) is 1. The minimum absolute atomic E-state index is 0.347. The first-order valence-corrected chi connectivity index (χ1v) is 7.66. The second-order valence-corrected chi connectivity index (χ2v) is 5.90. The van der Waals surface area contributed by atoms with E-state index in [-0.39, 0.29) is 5.82 Å². The Bertz CT molecular complexity index is 617. The van der Waals surface area contributed by atoms with Gasteiger partial charge in [0.25, 0.3) is 0 Å². The van der Waals surface area contributed by atoms with Gasteiger partial charge in [-0.3, -0.25) is 0 Å². The summed E-state index contributed by atoms with van der Waals surface area (Å²) in [6.07, 6.45) is -0.836. The van der Waals surface area contributed by atoms with Gasteiger partial charge in [0.05, 0.1) is 11.1 Å². The first-order valence-electron chi connectivity index (χ1n) is 6.08. The van der Waals surface area contributed by atoms with Gasteiger partial charge in [-0.15, -0.1) is 0 Å². The minimum Gasteiger partial charge on any atom is -0.493 e.